The van der Waals surface area contributed by atoms with Gasteiger partial charge in [0, 0.05) is 25.3 Å². The Kier molecular flexibility index (Phi) is 3.62. The summed E-state index contributed by atoms with van der Waals surface area (Å²) in [6, 6.07) is 6.57. The van der Waals surface area contributed by atoms with E-state index in [0.717, 1.165) is 19.6 Å². The van der Waals surface area contributed by atoms with Crippen molar-refractivity contribution in [2.24, 2.45) is 0 Å². The molecule has 0 spiro atoms. The minimum Gasteiger partial charge on any atom is -0.385 e. The first-order valence-electron chi connectivity index (χ1n) is 5.95. The highest BCUT2D eigenvalue weighted by atomic mass is 15.1. The van der Waals surface area contributed by atoms with E-state index in [1.165, 1.54) is 29.7 Å². The number of anilines is 1. The summed E-state index contributed by atoms with van der Waals surface area (Å²) in [4.78, 5) is 2.29. The van der Waals surface area contributed by atoms with Crippen molar-refractivity contribution in [1.29, 1.82) is 0 Å². The Morgan fingerprint density at radius 2 is 2.38 bits per heavy atom. The molecule has 0 amide bonds. The van der Waals surface area contributed by atoms with E-state index in [1.807, 2.05) is 6.08 Å². The molecular formula is C14H20N2. The number of rotatable bonds is 4. The molecule has 0 atom stereocenters. The standard InChI is InChI=1S/C14H20N2/c1-3-10-16(2)11-12-6-4-8-14-13(12)7-5-9-15-14/h3-4,6,8,15H,1,5,7,9-11H2,2H3. The molecular weight excluding hydrogens is 196 g/mol. The zero-order valence-corrected chi connectivity index (χ0v) is 10.00. The first-order chi connectivity index (χ1) is 7.81. The van der Waals surface area contributed by atoms with Crippen LogP contribution in [-0.2, 0) is 13.0 Å². The molecule has 0 fully saturated rings. The number of likely N-dealkylation sites (N-methyl/N-ethyl adjacent to an activating group) is 1. The van der Waals surface area contributed by atoms with Gasteiger partial charge < -0.3 is 5.32 Å². The molecule has 0 saturated carbocycles. The summed E-state index contributed by atoms with van der Waals surface area (Å²) in [5.41, 5.74) is 4.29. The fourth-order valence-electron chi connectivity index (χ4n) is 2.31. The summed E-state index contributed by atoms with van der Waals surface area (Å²) >= 11 is 0. The van der Waals surface area contributed by atoms with Gasteiger partial charge in [0.1, 0.15) is 0 Å². The average molecular weight is 216 g/mol. The number of nitrogens with zero attached hydrogens (tertiary/aromatic N) is 1. The molecule has 0 bridgehead atoms. The second-order valence-corrected chi connectivity index (χ2v) is 4.46. The molecule has 2 rings (SSSR count). The van der Waals surface area contributed by atoms with E-state index in [1.54, 1.807) is 0 Å². The van der Waals surface area contributed by atoms with Gasteiger partial charge in [0.2, 0.25) is 0 Å². The lowest BCUT2D eigenvalue weighted by Gasteiger charge is -2.23. The van der Waals surface area contributed by atoms with Crippen LogP contribution in [0, 0.1) is 0 Å². The van der Waals surface area contributed by atoms with Crippen molar-refractivity contribution in [1.82, 2.24) is 4.90 Å². The monoisotopic (exact) mass is 216 g/mol. The second-order valence-electron chi connectivity index (χ2n) is 4.46. The molecule has 86 valence electrons. The fourth-order valence-corrected chi connectivity index (χ4v) is 2.31. The maximum atomic E-state index is 3.78. The lowest BCUT2D eigenvalue weighted by molar-refractivity contribution is 0.362. The molecule has 2 heteroatoms. The Morgan fingerprint density at radius 1 is 1.50 bits per heavy atom. The molecule has 0 unspecified atom stereocenters. The second kappa shape index (κ2) is 5.17. The van der Waals surface area contributed by atoms with Crippen LogP contribution in [0.15, 0.2) is 30.9 Å². The van der Waals surface area contributed by atoms with Crippen molar-refractivity contribution >= 4 is 5.69 Å². The van der Waals surface area contributed by atoms with Crippen LogP contribution in [0.5, 0.6) is 0 Å². The van der Waals surface area contributed by atoms with E-state index in [4.69, 9.17) is 0 Å². The molecule has 16 heavy (non-hydrogen) atoms. The van der Waals surface area contributed by atoms with Crippen LogP contribution in [0.1, 0.15) is 17.5 Å². The normalized spacial score (nSPS) is 14.4. The molecule has 0 aliphatic carbocycles. The lowest BCUT2D eigenvalue weighted by Crippen LogP contribution is -2.20. The molecule has 0 aromatic heterocycles. The Hall–Kier alpha value is -1.28. The fraction of sp³-hybridized carbons (Fsp3) is 0.429. The predicted molar refractivity (Wildman–Crippen MR) is 69.8 cm³/mol. The van der Waals surface area contributed by atoms with E-state index in [0.29, 0.717) is 0 Å². The summed E-state index contributed by atoms with van der Waals surface area (Å²) in [5, 5.41) is 3.47. The van der Waals surface area contributed by atoms with Gasteiger partial charge in [-0.05, 0) is 37.1 Å². The molecule has 1 heterocycles. The molecule has 1 aromatic carbocycles. The Bertz CT molecular complexity index is 371. The van der Waals surface area contributed by atoms with Crippen molar-refractivity contribution in [2.75, 3.05) is 25.5 Å². The van der Waals surface area contributed by atoms with Crippen molar-refractivity contribution in [3.63, 3.8) is 0 Å². The highest BCUT2D eigenvalue weighted by Crippen LogP contribution is 2.25. The van der Waals surface area contributed by atoms with Crippen molar-refractivity contribution in [3.05, 3.63) is 42.0 Å². The van der Waals surface area contributed by atoms with Crippen LogP contribution >= 0.6 is 0 Å². The number of fused-ring (bicyclic) bond motifs is 1. The van der Waals surface area contributed by atoms with Crippen molar-refractivity contribution < 1.29 is 0 Å². The molecule has 1 aliphatic rings. The van der Waals surface area contributed by atoms with Gasteiger partial charge in [0.05, 0.1) is 0 Å². The molecule has 1 N–H and O–H groups in total. The largest absolute Gasteiger partial charge is 0.385 e. The number of nitrogens with one attached hydrogen (secondary N) is 1. The minimum absolute atomic E-state index is 0.942. The predicted octanol–water partition coefficient (Wildman–Crippen LogP) is 2.66. The van der Waals surface area contributed by atoms with Crippen LogP contribution < -0.4 is 5.32 Å². The van der Waals surface area contributed by atoms with Crippen LogP contribution in [0.4, 0.5) is 5.69 Å². The van der Waals surface area contributed by atoms with Crippen molar-refractivity contribution in [3.8, 4) is 0 Å². The van der Waals surface area contributed by atoms with Gasteiger partial charge in [-0.25, -0.2) is 0 Å². The number of hydrogen-bond donors (Lipinski definition) is 1. The van der Waals surface area contributed by atoms with Gasteiger partial charge in [-0.3, -0.25) is 4.90 Å². The summed E-state index contributed by atoms with van der Waals surface area (Å²) in [6.45, 7) is 6.84. The summed E-state index contributed by atoms with van der Waals surface area (Å²) in [6.07, 6.45) is 4.41. The number of hydrogen-bond acceptors (Lipinski definition) is 2. The molecule has 1 aliphatic heterocycles. The molecule has 0 radical (unpaired) electrons. The van der Waals surface area contributed by atoms with Gasteiger partial charge in [0.25, 0.3) is 0 Å². The quantitative estimate of drug-likeness (QED) is 0.778. The first-order valence-corrected chi connectivity index (χ1v) is 5.95. The van der Waals surface area contributed by atoms with E-state index in [-0.39, 0.29) is 0 Å². The van der Waals surface area contributed by atoms with Gasteiger partial charge >= 0.3 is 0 Å². The van der Waals surface area contributed by atoms with E-state index >= 15 is 0 Å². The van der Waals surface area contributed by atoms with Crippen LogP contribution in [0.25, 0.3) is 0 Å². The van der Waals surface area contributed by atoms with E-state index in [2.05, 4.69) is 42.0 Å². The summed E-state index contributed by atoms with van der Waals surface area (Å²) in [7, 11) is 2.14. The maximum absolute atomic E-state index is 3.78. The Morgan fingerprint density at radius 3 is 3.19 bits per heavy atom. The first kappa shape index (κ1) is 11.2. The zero-order valence-electron chi connectivity index (χ0n) is 10.00. The zero-order chi connectivity index (χ0) is 11.4. The minimum atomic E-state index is 0.942. The van der Waals surface area contributed by atoms with E-state index < -0.39 is 0 Å². The van der Waals surface area contributed by atoms with E-state index in [9.17, 15) is 0 Å². The average Bonchev–Trinajstić information content (AvgIpc) is 2.30. The third-order valence-electron chi connectivity index (χ3n) is 3.07. The van der Waals surface area contributed by atoms with Crippen molar-refractivity contribution in [2.45, 2.75) is 19.4 Å². The SMILES string of the molecule is C=CCN(C)Cc1cccc2c1CCCN2. The highest BCUT2D eigenvalue weighted by Gasteiger charge is 2.12. The van der Waals surface area contributed by atoms with Crippen LogP contribution in [0.2, 0.25) is 0 Å². The summed E-state index contributed by atoms with van der Waals surface area (Å²) in [5.74, 6) is 0. The Labute approximate surface area is 98.0 Å². The maximum Gasteiger partial charge on any atom is 0.0375 e. The molecule has 2 nitrogen and oxygen atoms in total. The van der Waals surface area contributed by atoms with Gasteiger partial charge in [-0.15, -0.1) is 6.58 Å². The molecule has 0 saturated heterocycles. The van der Waals surface area contributed by atoms with Gasteiger partial charge in [0.15, 0.2) is 0 Å². The lowest BCUT2D eigenvalue weighted by atomic mass is 9.97. The third kappa shape index (κ3) is 2.45. The molecule has 1 aromatic rings. The van der Waals surface area contributed by atoms with Gasteiger partial charge in [-0.2, -0.15) is 0 Å². The van der Waals surface area contributed by atoms with Gasteiger partial charge in [-0.1, -0.05) is 18.2 Å². The number of benzene rings is 1. The Balaban J connectivity index is 2.17. The van der Waals surface area contributed by atoms with Crippen LogP contribution in [0.3, 0.4) is 0 Å². The van der Waals surface area contributed by atoms with Crippen LogP contribution in [-0.4, -0.2) is 25.0 Å². The third-order valence-corrected chi connectivity index (χ3v) is 3.07. The summed E-state index contributed by atoms with van der Waals surface area (Å²) < 4.78 is 0. The smallest absolute Gasteiger partial charge is 0.0375 e. The highest BCUT2D eigenvalue weighted by molar-refractivity contribution is 5.56. The topological polar surface area (TPSA) is 15.3 Å².